The van der Waals surface area contributed by atoms with Crippen LogP contribution in [-0.4, -0.2) is 33.7 Å². The van der Waals surface area contributed by atoms with Gasteiger partial charge in [0.2, 0.25) is 5.91 Å². The van der Waals surface area contributed by atoms with Crippen LogP contribution in [0.5, 0.6) is 0 Å². The van der Waals surface area contributed by atoms with Crippen molar-refractivity contribution >= 4 is 11.9 Å². The van der Waals surface area contributed by atoms with Crippen LogP contribution in [0.25, 0.3) is 0 Å². The Kier molecular flexibility index (Phi) is 3.87. The quantitative estimate of drug-likeness (QED) is 0.568. The molecule has 0 aromatic rings. The van der Waals surface area contributed by atoms with Crippen molar-refractivity contribution in [2.75, 3.05) is 0 Å². The maximum atomic E-state index is 10.6. The van der Waals surface area contributed by atoms with E-state index in [-0.39, 0.29) is 6.42 Å². The van der Waals surface area contributed by atoms with Crippen molar-refractivity contribution < 1.29 is 19.8 Å². The molecule has 1 unspecified atom stereocenters. The molecule has 0 aromatic heterocycles. The van der Waals surface area contributed by atoms with E-state index in [2.05, 4.69) is 5.32 Å². The van der Waals surface area contributed by atoms with Gasteiger partial charge in [-0.15, -0.1) is 0 Å². The molecule has 0 spiro atoms. The Balaban J connectivity index is 4.27. The summed E-state index contributed by atoms with van der Waals surface area (Å²) in [7, 11) is 0. The van der Waals surface area contributed by atoms with Crippen LogP contribution in [0.4, 0.5) is 0 Å². The van der Waals surface area contributed by atoms with E-state index < -0.39 is 23.5 Å². The number of carboxylic acid groups (broad SMARTS) is 1. The minimum atomic E-state index is -1.14. The number of carbonyl (C=O) groups is 2. The molecule has 1 atom stereocenters. The Labute approximate surface area is 76.8 Å². The Hall–Kier alpha value is -1.10. The number of nitrogens with one attached hydrogen (secondary N) is 1. The van der Waals surface area contributed by atoms with Crippen LogP contribution >= 0.6 is 0 Å². The summed E-state index contributed by atoms with van der Waals surface area (Å²) in [5.74, 6) is -1.56. The first-order valence-electron chi connectivity index (χ1n) is 3.94. The molecule has 0 aliphatic heterocycles. The molecular formula is C8H15NO4. The third kappa shape index (κ3) is 6.10. The molecule has 13 heavy (non-hydrogen) atoms. The van der Waals surface area contributed by atoms with Gasteiger partial charge in [0.25, 0.3) is 0 Å². The number of hydrogen-bond donors (Lipinski definition) is 3. The van der Waals surface area contributed by atoms with Gasteiger partial charge in [0.05, 0.1) is 5.60 Å². The normalized spacial score (nSPS) is 13.5. The third-order valence-electron chi connectivity index (χ3n) is 1.38. The van der Waals surface area contributed by atoms with E-state index in [1.807, 2.05) is 0 Å². The summed E-state index contributed by atoms with van der Waals surface area (Å²) < 4.78 is 0. The maximum absolute atomic E-state index is 10.6. The molecule has 1 amide bonds. The van der Waals surface area contributed by atoms with E-state index in [0.717, 1.165) is 0 Å². The van der Waals surface area contributed by atoms with Crippen LogP contribution in [0.1, 0.15) is 27.2 Å². The summed E-state index contributed by atoms with van der Waals surface area (Å²) in [6.45, 7) is 4.22. The topological polar surface area (TPSA) is 86.6 Å². The smallest absolute Gasteiger partial charge is 0.326 e. The van der Waals surface area contributed by atoms with Crippen LogP contribution in [0.2, 0.25) is 0 Å². The number of carbonyl (C=O) groups excluding carboxylic acids is 1. The summed E-state index contributed by atoms with van der Waals surface area (Å²) in [6, 6.07) is -1.03. The van der Waals surface area contributed by atoms with Crippen LogP contribution < -0.4 is 5.32 Å². The molecule has 0 saturated heterocycles. The van der Waals surface area contributed by atoms with E-state index >= 15 is 0 Å². The first kappa shape index (κ1) is 11.9. The van der Waals surface area contributed by atoms with Gasteiger partial charge in [-0.3, -0.25) is 4.79 Å². The highest BCUT2D eigenvalue weighted by molar-refractivity contribution is 5.82. The molecule has 3 N–H and O–H groups in total. The fourth-order valence-corrected chi connectivity index (χ4v) is 0.945. The van der Waals surface area contributed by atoms with Gasteiger partial charge in [-0.05, 0) is 13.8 Å². The average molecular weight is 189 g/mol. The second-order valence-electron chi connectivity index (χ2n) is 3.61. The number of aliphatic hydroxyl groups is 1. The lowest BCUT2D eigenvalue weighted by Crippen LogP contribution is -2.44. The van der Waals surface area contributed by atoms with Gasteiger partial charge in [0, 0.05) is 13.3 Å². The van der Waals surface area contributed by atoms with Crippen molar-refractivity contribution in [2.45, 2.75) is 38.8 Å². The molecule has 0 aromatic carbocycles. The molecule has 0 heterocycles. The van der Waals surface area contributed by atoms with Crippen molar-refractivity contribution in [3.05, 3.63) is 0 Å². The van der Waals surface area contributed by atoms with Crippen molar-refractivity contribution in [1.82, 2.24) is 5.32 Å². The SMILES string of the molecule is CC(=O)NC(CC(C)(C)O)C(=O)O. The van der Waals surface area contributed by atoms with E-state index in [1.165, 1.54) is 20.8 Å². The highest BCUT2D eigenvalue weighted by Crippen LogP contribution is 2.10. The lowest BCUT2D eigenvalue weighted by Gasteiger charge is -2.22. The standard InChI is InChI=1S/C8H15NO4/c1-5(10)9-6(7(11)12)4-8(2,3)13/h6,13H,4H2,1-3H3,(H,9,10)(H,11,12). The lowest BCUT2D eigenvalue weighted by atomic mass is 9.99. The molecule has 5 heteroatoms. The van der Waals surface area contributed by atoms with Crippen LogP contribution in [0, 0.1) is 0 Å². The van der Waals surface area contributed by atoms with Crippen molar-refractivity contribution in [3.63, 3.8) is 0 Å². The third-order valence-corrected chi connectivity index (χ3v) is 1.38. The van der Waals surface area contributed by atoms with Gasteiger partial charge in [0.15, 0.2) is 0 Å². The summed E-state index contributed by atoms with van der Waals surface area (Å²) in [6.07, 6.45) is -0.0120. The number of aliphatic carboxylic acids is 1. The fourth-order valence-electron chi connectivity index (χ4n) is 0.945. The van der Waals surface area contributed by atoms with E-state index in [4.69, 9.17) is 5.11 Å². The van der Waals surface area contributed by atoms with E-state index in [9.17, 15) is 14.7 Å². The van der Waals surface area contributed by atoms with Crippen molar-refractivity contribution in [2.24, 2.45) is 0 Å². The largest absolute Gasteiger partial charge is 0.480 e. The molecule has 0 rings (SSSR count). The van der Waals surface area contributed by atoms with E-state index in [0.29, 0.717) is 0 Å². The fraction of sp³-hybridized carbons (Fsp3) is 0.750. The molecule has 0 aliphatic carbocycles. The average Bonchev–Trinajstić information content (AvgIpc) is 1.81. The highest BCUT2D eigenvalue weighted by atomic mass is 16.4. The monoisotopic (exact) mass is 189 g/mol. The molecule has 0 aliphatic rings. The zero-order valence-corrected chi connectivity index (χ0v) is 8.00. The first-order chi connectivity index (χ1) is 5.72. The summed E-state index contributed by atoms with van der Waals surface area (Å²) >= 11 is 0. The van der Waals surface area contributed by atoms with Crippen LogP contribution in [-0.2, 0) is 9.59 Å². The van der Waals surface area contributed by atoms with Gasteiger partial charge < -0.3 is 15.5 Å². The van der Waals surface area contributed by atoms with Crippen molar-refractivity contribution in [1.29, 1.82) is 0 Å². The van der Waals surface area contributed by atoms with E-state index in [1.54, 1.807) is 0 Å². The summed E-state index contributed by atoms with van der Waals surface area (Å²) in [4.78, 5) is 21.2. The van der Waals surface area contributed by atoms with Crippen molar-refractivity contribution in [3.8, 4) is 0 Å². The molecule has 0 fully saturated rings. The minimum Gasteiger partial charge on any atom is -0.480 e. The molecule has 76 valence electrons. The second-order valence-corrected chi connectivity index (χ2v) is 3.61. The summed E-state index contributed by atoms with van der Waals surface area (Å²) in [5, 5.41) is 20.2. The zero-order chi connectivity index (χ0) is 10.6. The van der Waals surface area contributed by atoms with Crippen LogP contribution in [0.3, 0.4) is 0 Å². The molecule has 0 radical (unpaired) electrons. The van der Waals surface area contributed by atoms with Gasteiger partial charge in [-0.2, -0.15) is 0 Å². The van der Waals surface area contributed by atoms with Gasteiger partial charge in [-0.25, -0.2) is 4.79 Å². The van der Waals surface area contributed by atoms with Gasteiger partial charge >= 0.3 is 5.97 Å². The minimum absolute atomic E-state index is 0.0120. The Morgan fingerprint density at radius 3 is 2.15 bits per heavy atom. The highest BCUT2D eigenvalue weighted by Gasteiger charge is 2.26. The number of hydrogen-bond acceptors (Lipinski definition) is 3. The molecule has 5 nitrogen and oxygen atoms in total. The Bertz CT molecular complexity index is 207. The number of amides is 1. The number of carboxylic acids is 1. The maximum Gasteiger partial charge on any atom is 0.326 e. The zero-order valence-electron chi connectivity index (χ0n) is 8.00. The van der Waals surface area contributed by atoms with Gasteiger partial charge in [0.1, 0.15) is 6.04 Å². The first-order valence-corrected chi connectivity index (χ1v) is 3.94. The molecular weight excluding hydrogens is 174 g/mol. The molecule has 0 saturated carbocycles. The Morgan fingerprint density at radius 2 is 1.92 bits per heavy atom. The molecule has 0 bridgehead atoms. The lowest BCUT2D eigenvalue weighted by molar-refractivity contribution is -0.143. The number of rotatable bonds is 4. The van der Waals surface area contributed by atoms with Gasteiger partial charge in [-0.1, -0.05) is 0 Å². The predicted octanol–water partition coefficient (Wildman–Crippen LogP) is -0.263. The summed E-state index contributed by atoms with van der Waals surface area (Å²) in [5.41, 5.74) is -1.11. The second kappa shape index (κ2) is 4.23. The Morgan fingerprint density at radius 1 is 1.46 bits per heavy atom. The van der Waals surface area contributed by atoms with Crippen LogP contribution in [0.15, 0.2) is 0 Å². The predicted molar refractivity (Wildman–Crippen MR) is 46.2 cm³/mol.